The van der Waals surface area contributed by atoms with Gasteiger partial charge in [-0.15, -0.1) is 0 Å². The van der Waals surface area contributed by atoms with Crippen molar-refractivity contribution in [2.45, 2.75) is 0 Å². The highest BCUT2D eigenvalue weighted by Gasteiger charge is 2.07. The highest BCUT2D eigenvalue weighted by molar-refractivity contribution is 7.02. The Labute approximate surface area is 91.7 Å². The minimum atomic E-state index is -1.28. The van der Waals surface area contributed by atoms with Crippen LogP contribution in [0.2, 0.25) is 0 Å². The SMILES string of the molecule is CN.CN.CN.CO[SiH2][SiH](OC)OC. The predicted octanol–water partition coefficient (Wildman–Crippen LogP) is -2.55. The number of nitrogens with two attached hydrogens (primary N) is 3. The van der Waals surface area contributed by atoms with E-state index in [1.807, 2.05) is 0 Å². The minimum absolute atomic E-state index is 0.470. The summed E-state index contributed by atoms with van der Waals surface area (Å²) in [5.41, 5.74) is 13.5. The van der Waals surface area contributed by atoms with Crippen molar-refractivity contribution < 1.29 is 13.3 Å². The molecule has 92 valence electrons. The Morgan fingerprint density at radius 3 is 1.14 bits per heavy atom. The maximum atomic E-state index is 4.99. The Balaban J connectivity index is -0.0000000708. The van der Waals surface area contributed by atoms with Gasteiger partial charge in [0, 0.05) is 21.3 Å². The van der Waals surface area contributed by atoms with E-state index in [0.29, 0.717) is 0 Å². The molecule has 0 aromatic carbocycles. The lowest BCUT2D eigenvalue weighted by molar-refractivity contribution is 0.289. The quantitative estimate of drug-likeness (QED) is 0.471. The molecule has 0 aliphatic heterocycles. The van der Waals surface area contributed by atoms with Crippen LogP contribution in [0.15, 0.2) is 0 Å². The molecule has 0 unspecified atom stereocenters. The summed E-state index contributed by atoms with van der Waals surface area (Å²) in [6.07, 6.45) is 0. The van der Waals surface area contributed by atoms with E-state index < -0.39 is 18.1 Å². The third-order valence-corrected chi connectivity index (χ3v) is 6.30. The summed E-state index contributed by atoms with van der Waals surface area (Å²) in [6, 6.07) is 0. The van der Waals surface area contributed by atoms with E-state index in [9.17, 15) is 0 Å². The Morgan fingerprint density at radius 2 is 1.07 bits per heavy atom. The van der Waals surface area contributed by atoms with Crippen molar-refractivity contribution in [2.75, 3.05) is 42.5 Å². The van der Waals surface area contributed by atoms with Crippen molar-refractivity contribution >= 4 is 18.1 Å². The van der Waals surface area contributed by atoms with Crippen LogP contribution in [-0.2, 0) is 13.3 Å². The molecule has 0 saturated heterocycles. The zero-order chi connectivity index (χ0) is 12.4. The monoisotopic (exact) mass is 245 g/mol. The minimum Gasteiger partial charge on any atom is -0.425 e. The molecule has 6 nitrogen and oxygen atoms in total. The molecule has 0 spiro atoms. The molecular formula is C6H27N3O3Si2. The molecule has 0 aliphatic rings. The van der Waals surface area contributed by atoms with E-state index in [1.165, 1.54) is 21.1 Å². The van der Waals surface area contributed by atoms with E-state index in [2.05, 4.69) is 17.2 Å². The fourth-order valence-electron chi connectivity index (χ4n) is 0.368. The van der Waals surface area contributed by atoms with Gasteiger partial charge in [0.2, 0.25) is 9.28 Å². The molecule has 0 aliphatic carbocycles. The first-order chi connectivity index (χ1) is 6.85. The van der Waals surface area contributed by atoms with Gasteiger partial charge in [0.25, 0.3) is 0 Å². The van der Waals surface area contributed by atoms with Crippen LogP contribution in [-0.4, -0.2) is 60.6 Å². The molecule has 0 amide bonds. The summed E-state index contributed by atoms with van der Waals surface area (Å²) in [7, 11) is 7.80. The lowest BCUT2D eigenvalue weighted by Crippen LogP contribution is -2.28. The largest absolute Gasteiger partial charge is 0.425 e. The zero-order valence-electron chi connectivity index (χ0n) is 10.2. The van der Waals surface area contributed by atoms with Crippen molar-refractivity contribution in [1.82, 2.24) is 0 Å². The lowest BCUT2D eigenvalue weighted by Gasteiger charge is -2.07. The number of hydrogen-bond donors (Lipinski definition) is 3. The summed E-state index contributed by atoms with van der Waals surface area (Å²) in [6.45, 7) is 0. The zero-order valence-corrected chi connectivity index (χ0v) is 12.8. The normalized spacial score (nSPS) is 8.14. The van der Waals surface area contributed by atoms with Crippen molar-refractivity contribution in [2.24, 2.45) is 17.2 Å². The molecule has 0 saturated carbocycles. The molecule has 0 atom stereocenters. The van der Waals surface area contributed by atoms with Crippen molar-refractivity contribution in [3.63, 3.8) is 0 Å². The highest BCUT2D eigenvalue weighted by atomic mass is 29.2. The van der Waals surface area contributed by atoms with Crippen LogP contribution in [0.25, 0.3) is 0 Å². The Kier molecular flexibility index (Phi) is 64.4. The number of hydrogen-bond acceptors (Lipinski definition) is 6. The lowest BCUT2D eigenvalue weighted by atomic mass is 11.6. The fourth-order valence-corrected chi connectivity index (χ4v) is 2.74. The molecule has 0 aromatic heterocycles. The third kappa shape index (κ3) is 29.5. The van der Waals surface area contributed by atoms with Crippen molar-refractivity contribution in [3.05, 3.63) is 0 Å². The van der Waals surface area contributed by atoms with Gasteiger partial charge in [-0.25, -0.2) is 0 Å². The van der Waals surface area contributed by atoms with Gasteiger partial charge in [0.1, 0.15) is 0 Å². The molecule has 8 heteroatoms. The van der Waals surface area contributed by atoms with E-state index in [-0.39, 0.29) is 0 Å². The summed E-state index contributed by atoms with van der Waals surface area (Å²) in [5.74, 6) is 0. The van der Waals surface area contributed by atoms with Gasteiger partial charge in [-0.2, -0.15) is 0 Å². The number of rotatable bonds is 4. The maximum absolute atomic E-state index is 4.99. The van der Waals surface area contributed by atoms with Crippen molar-refractivity contribution in [1.29, 1.82) is 0 Å². The van der Waals surface area contributed by atoms with Crippen LogP contribution in [0.3, 0.4) is 0 Å². The molecular weight excluding hydrogens is 218 g/mol. The summed E-state index contributed by atoms with van der Waals surface area (Å²) in [4.78, 5) is 0. The van der Waals surface area contributed by atoms with E-state index in [0.717, 1.165) is 0 Å². The Bertz CT molecular complexity index is 61.6. The molecule has 0 rings (SSSR count). The second-order valence-electron chi connectivity index (χ2n) is 1.36. The predicted molar refractivity (Wildman–Crippen MR) is 67.1 cm³/mol. The molecule has 14 heavy (non-hydrogen) atoms. The van der Waals surface area contributed by atoms with Crippen LogP contribution in [0.5, 0.6) is 0 Å². The van der Waals surface area contributed by atoms with Gasteiger partial charge < -0.3 is 30.5 Å². The molecule has 0 radical (unpaired) electrons. The molecule has 6 N–H and O–H groups in total. The average Bonchev–Trinajstić information content (AvgIpc) is 2.33. The van der Waals surface area contributed by atoms with Gasteiger partial charge in [-0.05, 0) is 21.1 Å². The first-order valence-corrected chi connectivity index (χ1v) is 8.91. The molecule has 0 fully saturated rings. The highest BCUT2D eigenvalue weighted by Crippen LogP contribution is 1.79. The van der Waals surface area contributed by atoms with Gasteiger partial charge in [-0.1, -0.05) is 0 Å². The average molecular weight is 245 g/mol. The summed E-state index contributed by atoms with van der Waals surface area (Å²) < 4.78 is 14.9. The van der Waals surface area contributed by atoms with Crippen LogP contribution >= 0.6 is 0 Å². The Morgan fingerprint density at radius 1 is 0.786 bits per heavy atom. The van der Waals surface area contributed by atoms with Crippen LogP contribution in [0, 0.1) is 0 Å². The van der Waals surface area contributed by atoms with E-state index >= 15 is 0 Å². The van der Waals surface area contributed by atoms with Crippen LogP contribution < -0.4 is 17.2 Å². The summed E-state index contributed by atoms with van der Waals surface area (Å²) >= 11 is 0. The Hall–Kier alpha value is 0.194. The standard InChI is InChI=1S/C3H12O3Si2.3CH5N/c1-4-7-8(5-2)6-3;3*1-2/h8H,7H2,1-3H3;3*2H2,1H3. The van der Waals surface area contributed by atoms with Crippen molar-refractivity contribution in [3.8, 4) is 0 Å². The van der Waals surface area contributed by atoms with Gasteiger partial charge in [-0.3, -0.25) is 0 Å². The van der Waals surface area contributed by atoms with Gasteiger partial charge in [0.05, 0.1) is 0 Å². The molecule has 0 bridgehead atoms. The van der Waals surface area contributed by atoms with E-state index in [4.69, 9.17) is 13.3 Å². The summed E-state index contributed by atoms with van der Waals surface area (Å²) in [5, 5.41) is 0. The third-order valence-electron chi connectivity index (χ3n) is 0.829. The van der Waals surface area contributed by atoms with Crippen LogP contribution in [0.4, 0.5) is 0 Å². The van der Waals surface area contributed by atoms with Gasteiger partial charge >= 0.3 is 8.80 Å². The molecule has 0 aromatic rings. The maximum Gasteiger partial charge on any atom is 0.325 e. The topological polar surface area (TPSA) is 106 Å². The van der Waals surface area contributed by atoms with Crippen LogP contribution in [0.1, 0.15) is 0 Å². The second kappa shape index (κ2) is 37.9. The smallest absolute Gasteiger partial charge is 0.325 e. The first-order valence-electron chi connectivity index (χ1n) is 4.13. The molecule has 0 heterocycles. The first kappa shape index (κ1) is 23.8. The van der Waals surface area contributed by atoms with E-state index in [1.54, 1.807) is 21.3 Å². The second-order valence-corrected chi connectivity index (χ2v) is 7.07. The van der Waals surface area contributed by atoms with Gasteiger partial charge in [0.15, 0.2) is 0 Å². The fraction of sp³-hybridized carbons (Fsp3) is 1.00.